The van der Waals surface area contributed by atoms with Gasteiger partial charge in [-0.15, -0.1) is 0 Å². The van der Waals surface area contributed by atoms with Crippen molar-refractivity contribution in [1.29, 1.82) is 0 Å². The molecule has 1 saturated heterocycles. The van der Waals surface area contributed by atoms with E-state index in [2.05, 4.69) is 15.5 Å². The second-order valence-electron chi connectivity index (χ2n) is 8.74. The molecule has 1 fully saturated rings. The van der Waals surface area contributed by atoms with E-state index < -0.39 is 0 Å². The largest absolute Gasteiger partial charge is 0.368 e. The van der Waals surface area contributed by atoms with Gasteiger partial charge < -0.3 is 20.4 Å². The zero-order valence-corrected chi connectivity index (χ0v) is 19.2. The molecule has 3 rings (SSSR count). The second-order valence-corrected chi connectivity index (χ2v) is 9.15. The van der Waals surface area contributed by atoms with Gasteiger partial charge in [-0.25, -0.2) is 0 Å². The summed E-state index contributed by atoms with van der Waals surface area (Å²) in [6.07, 6.45) is 0.283. The lowest BCUT2D eigenvalue weighted by molar-refractivity contribution is -0.139. The Kier molecular flexibility index (Phi) is 7.28. The smallest absolute Gasteiger partial charge is 0.230 e. The number of anilines is 2. The molecule has 0 bridgehead atoms. The fraction of sp³-hybridized carbons (Fsp3) is 0.375. The van der Waals surface area contributed by atoms with Gasteiger partial charge in [-0.1, -0.05) is 51.1 Å². The van der Waals surface area contributed by atoms with Crippen molar-refractivity contribution < 1.29 is 9.59 Å². The van der Waals surface area contributed by atoms with E-state index in [0.29, 0.717) is 0 Å². The number of carbonyl (C=O) groups excluding carboxylic acids is 2. The summed E-state index contributed by atoms with van der Waals surface area (Å²) in [7, 11) is 0. The Balaban J connectivity index is 1.47. The minimum Gasteiger partial charge on any atom is -0.368 e. The molecule has 2 aromatic carbocycles. The van der Waals surface area contributed by atoms with Crippen LogP contribution in [-0.4, -0.2) is 48.0 Å². The van der Waals surface area contributed by atoms with Crippen LogP contribution in [0.5, 0.6) is 0 Å². The Morgan fingerprint density at radius 3 is 2.13 bits per heavy atom. The minimum atomic E-state index is -0.343. The quantitative estimate of drug-likeness (QED) is 0.716. The molecule has 1 heterocycles. The Morgan fingerprint density at radius 1 is 0.935 bits per heavy atom. The van der Waals surface area contributed by atoms with Crippen LogP contribution in [0.15, 0.2) is 54.6 Å². The number of hydrogen-bond acceptors (Lipinski definition) is 4. The molecule has 2 aromatic rings. The summed E-state index contributed by atoms with van der Waals surface area (Å²) in [5, 5.41) is 6.05. The fourth-order valence-electron chi connectivity index (χ4n) is 3.51. The first-order chi connectivity index (χ1) is 14.7. The van der Waals surface area contributed by atoms with Gasteiger partial charge in [0, 0.05) is 43.0 Å². The second kappa shape index (κ2) is 9.92. The third-order valence-corrected chi connectivity index (χ3v) is 5.36. The number of benzene rings is 2. The molecular formula is C24H30N4O2S. The molecule has 0 spiro atoms. The number of nitrogens with zero attached hydrogens (tertiary/aromatic N) is 2. The van der Waals surface area contributed by atoms with Crippen LogP contribution in [0.4, 0.5) is 11.4 Å². The van der Waals surface area contributed by atoms with Crippen molar-refractivity contribution >= 4 is 40.5 Å². The van der Waals surface area contributed by atoms with Gasteiger partial charge in [0.2, 0.25) is 11.8 Å². The summed E-state index contributed by atoms with van der Waals surface area (Å²) in [6, 6.07) is 17.5. The maximum absolute atomic E-state index is 12.4. The fourth-order valence-corrected chi connectivity index (χ4v) is 3.74. The summed E-state index contributed by atoms with van der Waals surface area (Å²) < 4.78 is 0. The molecule has 1 aliphatic heterocycles. The predicted molar refractivity (Wildman–Crippen MR) is 129 cm³/mol. The Hall–Kier alpha value is -2.93. The number of thiocarbonyl (C=S) groups is 1. The van der Waals surface area contributed by atoms with Crippen molar-refractivity contribution in [3.05, 3.63) is 60.2 Å². The number of nitrogens with one attached hydrogen (secondary N) is 2. The summed E-state index contributed by atoms with van der Waals surface area (Å²) in [5.74, 6) is 0.0533. The monoisotopic (exact) mass is 438 g/mol. The maximum Gasteiger partial charge on any atom is 0.230 e. The summed E-state index contributed by atoms with van der Waals surface area (Å²) in [4.78, 5) is 28.8. The number of piperazine rings is 1. The van der Waals surface area contributed by atoms with E-state index in [0.717, 1.165) is 43.1 Å². The van der Waals surface area contributed by atoms with Crippen LogP contribution in [0.3, 0.4) is 0 Å². The predicted octanol–water partition coefficient (Wildman–Crippen LogP) is 3.44. The normalized spacial score (nSPS) is 14.2. The molecule has 31 heavy (non-hydrogen) atoms. The zero-order valence-electron chi connectivity index (χ0n) is 18.4. The molecule has 6 nitrogen and oxygen atoms in total. The van der Waals surface area contributed by atoms with Crippen LogP contribution in [-0.2, 0) is 16.0 Å². The molecule has 1 aliphatic rings. The number of carbonyl (C=O) groups is 2. The van der Waals surface area contributed by atoms with E-state index in [-0.39, 0.29) is 28.8 Å². The highest BCUT2D eigenvalue weighted by Crippen LogP contribution is 2.22. The minimum absolute atomic E-state index is 0.150. The van der Waals surface area contributed by atoms with Crippen molar-refractivity contribution in [3.63, 3.8) is 0 Å². The molecule has 2 N–H and O–H groups in total. The van der Waals surface area contributed by atoms with Crippen molar-refractivity contribution in [2.24, 2.45) is 5.41 Å². The highest BCUT2D eigenvalue weighted by Gasteiger charge is 2.29. The Labute approximate surface area is 189 Å². The number of amides is 2. The molecular weight excluding hydrogens is 408 g/mol. The number of hydrogen-bond donors (Lipinski definition) is 2. The summed E-state index contributed by atoms with van der Waals surface area (Å²) >= 11 is 5.26. The van der Waals surface area contributed by atoms with Crippen molar-refractivity contribution in [2.75, 3.05) is 36.4 Å². The summed E-state index contributed by atoms with van der Waals surface area (Å²) in [6.45, 7) is 8.96. The SMILES string of the molecule is CC(C)(C)C(=O)N1CCN(c2ccc(NC(=S)NC(=O)Cc3ccccc3)cc2)CC1. The highest BCUT2D eigenvalue weighted by atomic mass is 32.1. The lowest BCUT2D eigenvalue weighted by atomic mass is 9.94. The van der Waals surface area contributed by atoms with Gasteiger partial charge in [0.15, 0.2) is 5.11 Å². The first-order valence-corrected chi connectivity index (χ1v) is 10.9. The molecule has 7 heteroatoms. The van der Waals surface area contributed by atoms with Crippen LogP contribution in [0.1, 0.15) is 26.3 Å². The zero-order chi connectivity index (χ0) is 22.4. The third kappa shape index (κ3) is 6.52. The number of rotatable bonds is 4. The molecule has 0 unspecified atom stereocenters. The molecule has 164 valence electrons. The highest BCUT2D eigenvalue weighted by molar-refractivity contribution is 7.80. The molecule has 2 amide bonds. The van der Waals surface area contributed by atoms with E-state index in [1.807, 2.05) is 80.3 Å². The average Bonchev–Trinajstić information content (AvgIpc) is 2.74. The Morgan fingerprint density at radius 2 is 1.55 bits per heavy atom. The van der Waals surface area contributed by atoms with Crippen molar-refractivity contribution in [2.45, 2.75) is 27.2 Å². The van der Waals surface area contributed by atoms with Crippen LogP contribution < -0.4 is 15.5 Å². The van der Waals surface area contributed by atoms with E-state index in [1.165, 1.54) is 0 Å². The lowest BCUT2D eigenvalue weighted by Crippen LogP contribution is -2.51. The van der Waals surface area contributed by atoms with Crippen molar-refractivity contribution in [3.8, 4) is 0 Å². The lowest BCUT2D eigenvalue weighted by Gasteiger charge is -2.38. The third-order valence-electron chi connectivity index (χ3n) is 5.16. The average molecular weight is 439 g/mol. The molecule has 0 aliphatic carbocycles. The standard InChI is InChI=1S/C24H30N4O2S/c1-24(2,3)22(30)28-15-13-27(14-16-28)20-11-9-19(10-12-20)25-23(31)26-21(29)17-18-7-5-4-6-8-18/h4-12H,13-17H2,1-3H3,(H2,25,26,29,31). The van der Waals surface area contributed by atoms with Gasteiger partial charge in [0.05, 0.1) is 6.42 Å². The van der Waals surface area contributed by atoms with Crippen LogP contribution in [0.2, 0.25) is 0 Å². The molecule has 0 saturated carbocycles. The van der Waals surface area contributed by atoms with Gasteiger partial charge in [-0.3, -0.25) is 9.59 Å². The maximum atomic E-state index is 12.4. The summed E-state index contributed by atoms with van der Waals surface area (Å²) in [5.41, 5.74) is 2.52. The van der Waals surface area contributed by atoms with Gasteiger partial charge in [0.1, 0.15) is 0 Å². The van der Waals surface area contributed by atoms with E-state index in [9.17, 15) is 9.59 Å². The van der Waals surface area contributed by atoms with Crippen LogP contribution in [0, 0.1) is 5.41 Å². The Bertz CT molecular complexity index is 915. The van der Waals surface area contributed by atoms with E-state index >= 15 is 0 Å². The van der Waals surface area contributed by atoms with Crippen molar-refractivity contribution in [1.82, 2.24) is 10.2 Å². The van der Waals surface area contributed by atoms with Crippen LogP contribution >= 0.6 is 12.2 Å². The topological polar surface area (TPSA) is 64.7 Å². The van der Waals surface area contributed by atoms with Gasteiger partial charge in [0.25, 0.3) is 0 Å². The van der Waals surface area contributed by atoms with Gasteiger partial charge in [-0.2, -0.15) is 0 Å². The first-order valence-electron chi connectivity index (χ1n) is 10.5. The van der Waals surface area contributed by atoms with Crippen LogP contribution in [0.25, 0.3) is 0 Å². The van der Waals surface area contributed by atoms with Gasteiger partial charge >= 0.3 is 0 Å². The molecule has 0 aromatic heterocycles. The van der Waals surface area contributed by atoms with Gasteiger partial charge in [-0.05, 0) is 42.0 Å². The van der Waals surface area contributed by atoms with E-state index in [1.54, 1.807) is 0 Å². The molecule has 0 radical (unpaired) electrons. The first kappa shape index (κ1) is 22.7. The van der Waals surface area contributed by atoms with E-state index in [4.69, 9.17) is 12.2 Å². The molecule has 0 atom stereocenters.